The highest BCUT2D eigenvalue weighted by atomic mass is 28.5. The lowest BCUT2D eigenvalue weighted by molar-refractivity contribution is -0.274. The van der Waals surface area contributed by atoms with Crippen molar-refractivity contribution in [1.29, 1.82) is 5.26 Å². The van der Waals surface area contributed by atoms with Gasteiger partial charge < -0.3 is 25.9 Å². The van der Waals surface area contributed by atoms with Crippen molar-refractivity contribution in [1.82, 2.24) is 10.1 Å². The molecule has 0 aromatic heterocycles. The van der Waals surface area contributed by atoms with E-state index in [4.69, 9.17) is 42.2 Å². The molecule has 4 saturated heterocycles. The summed E-state index contributed by atoms with van der Waals surface area (Å²) >= 11 is 0. The number of hydroxylamine groups is 4. The Bertz CT molecular complexity index is 2440. The van der Waals surface area contributed by atoms with Crippen molar-refractivity contribution in [3.05, 3.63) is 119 Å². The molecule has 0 bridgehead atoms. The van der Waals surface area contributed by atoms with E-state index in [-0.39, 0.29) is 93.7 Å². The monoisotopic (exact) mass is 1110 g/mol. The molecule has 0 saturated carbocycles. The van der Waals surface area contributed by atoms with Crippen LogP contribution in [-0.4, -0.2) is 97.5 Å². The molecule has 0 radical (unpaired) electrons. The average Bonchev–Trinajstić information content (AvgIpc) is 3.66. The smallest absolute Gasteiger partial charge is 0.335 e. The number of hydrogen-bond acceptors (Lipinski definition) is 12. The van der Waals surface area contributed by atoms with E-state index in [0.29, 0.717) is 11.1 Å². The van der Waals surface area contributed by atoms with E-state index < -0.39 is 69.7 Å². The molecule has 76 heavy (non-hydrogen) atoms. The Morgan fingerprint density at radius 2 is 0.947 bits per heavy atom. The molecule has 6 unspecified atom stereocenters. The van der Waals surface area contributed by atoms with Gasteiger partial charge in [0.15, 0.2) is 11.5 Å². The van der Waals surface area contributed by atoms with Crippen molar-refractivity contribution in [2.75, 3.05) is 0 Å². The largest absolute Gasteiger partial charge is 0.414 e. The first kappa shape index (κ1) is 59.5. The summed E-state index contributed by atoms with van der Waals surface area (Å²) in [6, 6.07) is 21.6. The summed E-state index contributed by atoms with van der Waals surface area (Å²) in [4.78, 5) is 55.9. The summed E-state index contributed by atoms with van der Waals surface area (Å²) in [6.45, 7) is 46.8. The number of fused-ring (bicyclic) bond motifs is 4. The lowest BCUT2D eigenvalue weighted by atomic mass is 9.68. The lowest BCUT2D eigenvalue weighted by Crippen LogP contribution is -2.75. The van der Waals surface area contributed by atoms with Gasteiger partial charge in [-0.3, -0.25) is 24.1 Å². The fourth-order valence-electron chi connectivity index (χ4n) is 12.4. The predicted molar refractivity (Wildman–Crippen MR) is 299 cm³/mol. The normalized spacial score (nSPS) is 28.4. The van der Waals surface area contributed by atoms with Crippen LogP contribution >= 0.6 is 0 Å². The number of ketones is 1. The van der Waals surface area contributed by atoms with Crippen LogP contribution in [0.25, 0.3) is 4.85 Å². The molecule has 19 heteroatoms. The molecule has 2 spiro atoms. The molecule has 6 atom stereocenters. The minimum Gasteiger partial charge on any atom is -0.414 e. The van der Waals surface area contributed by atoms with Crippen LogP contribution in [0.2, 0.25) is 44.3 Å². The summed E-state index contributed by atoms with van der Waals surface area (Å²) in [5, 5.41) is 13.0. The Morgan fingerprint density at radius 3 is 1.32 bits per heavy atom. The standard InChI is InChI=1S/C29H42N2O5Si2.C28H40N2O6Si2/c1-19(2)37(20(3)4)34-27-23(9)15-25(17-30)29(28(27)35-38(36-37,21(5)6)22(7)8)16-26(32)31(29)33-18-24-13-11-10-12-14-24;1-18(2)37(19(3)4)34-26-23(31)15-24(29-9)28(27(26)35-38(36-37,20(5)6)21(7)8)16-25(32)30(28)33-17-22-13-11-10-12-14-22/h10-15,19-22,27-28H,9,16,18H2,1-8H3;10-15,18-21,26-27H,16-17H2,1-8H3. The van der Waals surface area contributed by atoms with Crippen LogP contribution < -0.4 is 0 Å². The molecule has 4 heterocycles. The van der Waals surface area contributed by atoms with Gasteiger partial charge in [0.05, 0.1) is 37.2 Å². The first-order valence-corrected chi connectivity index (χ1v) is 35.2. The number of rotatable bonds is 14. The van der Waals surface area contributed by atoms with Crippen molar-refractivity contribution < 1.29 is 50.0 Å². The Balaban J connectivity index is 0.000000221. The predicted octanol–water partition coefficient (Wildman–Crippen LogP) is 12.2. The third-order valence-electron chi connectivity index (χ3n) is 16.6. The highest BCUT2D eigenvalue weighted by Crippen LogP contribution is 2.58. The number of benzene rings is 2. The molecule has 2 aliphatic carbocycles. The van der Waals surface area contributed by atoms with Crippen LogP contribution in [0.5, 0.6) is 0 Å². The number of carbonyl (C=O) groups is 3. The summed E-state index contributed by atoms with van der Waals surface area (Å²) in [7, 11) is -12.0. The van der Waals surface area contributed by atoms with Gasteiger partial charge in [-0.25, -0.2) is 15.0 Å². The molecular formula is C57H82N4O11Si4. The fraction of sp³-hybridized carbons (Fsp3) is 0.596. The molecule has 2 amide bonds. The van der Waals surface area contributed by atoms with Gasteiger partial charge in [0, 0.05) is 0 Å². The number of carbonyl (C=O) groups excluding carboxylic acids is 3. The second kappa shape index (κ2) is 22.5. The first-order chi connectivity index (χ1) is 35.7. The second-order valence-corrected chi connectivity index (χ2v) is 41.5. The van der Waals surface area contributed by atoms with E-state index >= 15 is 0 Å². The zero-order valence-corrected chi connectivity index (χ0v) is 51.7. The average molecular weight is 1110 g/mol. The van der Waals surface area contributed by atoms with E-state index in [1.54, 1.807) is 6.08 Å². The third kappa shape index (κ3) is 9.78. The molecule has 6 aliphatic rings. The van der Waals surface area contributed by atoms with Crippen molar-refractivity contribution in [2.24, 2.45) is 0 Å². The number of hydrogen-bond donors (Lipinski definition) is 0. The van der Waals surface area contributed by atoms with E-state index in [1.807, 2.05) is 60.7 Å². The van der Waals surface area contributed by atoms with Crippen molar-refractivity contribution >= 4 is 51.8 Å². The molecular weight excluding hydrogens is 1030 g/mol. The molecule has 2 aromatic rings. The maximum atomic E-state index is 13.6. The van der Waals surface area contributed by atoms with Gasteiger partial charge >= 0.3 is 34.2 Å². The highest BCUT2D eigenvalue weighted by molar-refractivity contribution is 6.85. The SMILES string of the molecule is C=C1C=C(C#N)C2(CC(=O)N2OCc2ccccc2)C2O[Si](C(C)C)(C(C)C)O[Si](C(C)C)(C(C)C)OC12.[C-]#[N+]C1=CC(=O)C2O[Si](C(C)C)(C(C)C)O[Si](C(C)C)(C(C)C)OC2C12CC(=O)N2OCc1ccccc1. The van der Waals surface area contributed by atoms with E-state index in [9.17, 15) is 19.6 Å². The van der Waals surface area contributed by atoms with Gasteiger partial charge in [-0.15, -0.1) is 0 Å². The van der Waals surface area contributed by atoms with Gasteiger partial charge in [-0.05, 0) is 73.2 Å². The fourth-order valence-corrected chi connectivity index (χ4v) is 35.0. The minimum atomic E-state index is -3.08. The van der Waals surface area contributed by atoms with Gasteiger partial charge in [0.2, 0.25) is 11.8 Å². The van der Waals surface area contributed by atoms with Crippen LogP contribution in [0.3, 0.4) is 0 Å². The van der Waals surface area contributed by atoms with Gasteiger partial charge in [0.25, 0.3) is 0 Å². The van der Waals surface area contributed by atoms with Crippen LogP contribution in [0.1, 0.15) is 135 Å². The number of β-lactam (4-membered cyclic amide) rings is 2. The summed E-state index contributed by atoms with van der Waals surface area (Å²) in [5.41, 5.74) is 1.45. The molecule has 8 rings (SSSR count). The molecule has 4 fully saturated rings. The summed E-state index contributed by atoms with van der Waals surface area (Å²) < 4.78 is 43.0. The molecule has 4 aliphatic heterocycles. The first-order valence-electron chi connectivity index (χ1n) is 27.3. The Hall–Kier alpha value is -4.20. The lowest BCUT2D eigenvalue weighted by Gasteiger charge is -2.57. The van der Waals surface area contributed by atoms with Crippen LogP contribution in [0.15, 0.2) is 96.2 Å². The molecule has 0 N–H and O–H groups in total. The molecule has 412 valence electrons. The Kier molecular flexibility index (Phi) is 17.6. The van der Waals surface area contributed by atoms with Gasteiger partial charge in [-0.2, -0.15) is 5.26 Å². The van der Waals surface area contributed by atoms with Gasteiger partial charge in [0.1, 0.15) is 42.6 Å². The second-order valence-electron chi connectivity index (χ2n) is 23.9. The van der Waals surface area contributed by atoms with E-state index in [1.165, 1.54) is 16.2 Å². The minimum absolute atomic E-state index is 0.00634. The number of nitriles is 1. The highest BCUT2D eigenvalue weighted by Gasteiger charge is 2.73. The van der Waals surface area contributed by atoms with Crippen LogP contribution in [0.4, 0.5) is 0 Å². The summed E-state index contributed by atoms with van der Waals surface area (Å²) in [6.07, 6.45) is 0.125. The Labute approximate surface area is 456 Å². The maximum absolute atomic E-state index is 13.6. The summed E-state index contributed by atoms with van der Waals surface area (Å²) in [5.74, 6) is -0.747. The van der Waals surface area contributed by atoms with Crippen LogP contribution in [-0.2, 0) is 63.2 Å². The third-order valence-corrected chi connectivity index (χ3v) is 37.1. The zero-order valence-electron chi connectivity index (χ0n) is 47.7. The van der Waals surface area contributed by atoms with E-state index in [0.717, 1.165) is 11.1 Å². The van der Waals surface area contributed by atoms with Gasteiger partial charge in [-0.1, -0.05) is 178 Å². The van der Waals surface area contributed by atoms with E-state index in [2.05, 4.69) is 128 Å². The van der Waals surface area contributed by atoms with Crippen LogP contribution in [0, 0.1) is 17.9 Å². The Morgan fingerprint density at radius 1 is 0.592 bits per heavy atom. The topological polar surface area (TPSA) is 160 Å². The maximum Gasteiger partial charge on any atom is 0.335 e. The molecule has 15 nitrogen and oxygen atoms in total. The number of nitrogens with zero attached hydrogens (tertiary/aromatic N) is 4. The zero-order chi connectivity index (χ0) is 56.1. The molecule has 2 aromatic carbocycles. The van der Waals surface area contributed by atoms with Crippen molar-refractivity contribution in [3.63, 3.8) is 0 Å². The quantitative estimate of drug-likeness (QED) is 0.100. The van der Waals surface area contributed by atoms with Crippen molar-refractivity contribution in [3.8, 4) is 6.07 Å². The van der Waals surface area contributed by atoms with Crippen molar-refractivity contribution in [2.45, 2.75) is 217 Å². The number of amides is 2.